The van der Waals surface area contributed by atoms with Gasteiger partial charge in [-0.15, -0.1) is 0 Å². The Balaban J connectivity index is 1.37. The maximum atomic E-state index is 12.7. The Morgan fingerprint density at radius 3 is 2.44 bits per heavy atom. The molecule has 1 aliphatic heterocycles. The molecule has 0 spiro atoms. The number of nitrogens with zero attached hydrogens (tertiary/aromatic N) is 1. The highest BCUT2D eigenvalue weighted by Crippen LogP contribution is 2.35. The third kappa shape index (κ3) is 8.88. The summed E-state index contributed by atoms with van der Waals surface area (Å²) in [6.07, 6.45) is 1.51. The lowest BCUT2D eigenvalue weighted by molar-refractivity contribution is -0.139. The van der Waals surface area contributed by atoms with Crippen molar-refractivity contribution in [1.29, 1.82) is 0 Å². The van der Waals surface area contributed by atoms with Gasteiger partial charge >= 0.3 is 5.97 Å². The number of amides is 1. The van der Waals surface area contributed by atoms with Gasteiger partial charge in [-0.3, -0.25) is 4.79 Å². The number of para-hydroxylation sites is 1. The molecule has 0 unspecified atom stereocenters. The van der Waals surface area contributed by atoms with Crippen LogP contribution in [0, 0.1) is 0 Å². The smallest absolute Gasteiger partial charge is 0.338 e. The molecule has 1 aliphatic rings. The zero-order valence-electron chi connectivity index (χ0n) is 23.1. The number of nitrogens with one attached hydrogen (secondary N) is 3. The summed E-state index contributed by atoms with van der Waals surface area (Å²) in [7, 11) is 0. The predicted molar refractivity (Wildman–Crippen MR) is 179 cm³/mol. The second-order valence-corrected chi connectivity index (χ2v) is 12.2. The maximum Gasteiger partial charge on any atom is 0.338 e. The van der Waals surface area contributed by atoms with Crippen LogP contribution in [0.3, 0.4) is 0 Å². The molecule has 1 heterocycles. The van der Waals surface area contributed by atoms with Crippen molar-refractivity contribution in [3.63, 3.8) is 0 Å². The van der Waals surface area contributed by atoms with Gasteiger partial charge in [-0.1, -0.05) is 46.3 Å². The Labute approximate surface area is 279 Å². The molecule has 4 rings (SSSR count). The Morgan fingerprint density at radius 2 is 1.74 bits per heavy atom. The van der Waals surface area contributed by atoms with Crippen molar-refractivity contribution in [2.75, 3.05) is 13.2 Å². The van der Waals surface area contributed by atoms with Gasteiger partial charge in [-0.05, 0) is 99.4 Å². The molecule has 0 saturated carbocycles. The highest BCUT2D eigenvalue weighted by Gasteiger charge is 2.32. The number of hydrogen-bond donors (Lipinski definition) is 3. The van der Waals surface area contributed by atoms with Crippen LogP contribution in [0.5, 0.6) is 11.5 Å². The maximum absolute atomic E-state index is 12.7. The van der Waals surface area contributed by atoms with E-state index in [0.29, 0.717) is 40.1 Å². The van der Waals surface area contributed by atoms with Crippen LogP contribution in [-0.4, -0.2) is 36.4 Å². The van der Waals surface area contributed by atoms with Crippen molar-refractivity contribution in [1.82, 2.24) is 16.1 Å². The number of halogens is 3. The van der Waals surface area contributed by atoms with E-state index in [9.17, 15) is 9.59 Å². The fourth-order valence-corrected chi connectivity index (χ4v) is 6.13. The first-order valence-electron chi connectivity index (χ1n) is 13.0. The molecule has 9 nitrogen and oxygen atoms in total. The fourth-order valence-electron chi connectivity index (χ4n) is 4.14. The highest BCUT2D eigenvalue weighted by atomic mass is 79.9. The second-order valence-electron chi connectivity index (χ2n) is 9.14. The van der Waals surface area contributed by atoms with Gasteiger partial charge in [0.25, 0.3) is 5.91 Å². The highest BCUT2D eigenvalue weighted by molar-refractivity contribution is 9.11. The van der Waals surface area contributed by atoms with Crippen molar-refractivity contribution < 1.29 is 23.8 Å². The van der Waals surface area contributed by atoms with Crippen molar-refractivity contribution in [3.8, 4) is 11.5 Å². The summed E-state index contributed by atoms with van der Waals surface area (Å²) < 4.78 is 19.5. The first kappa shape index (κ1) is 32.6. The second kappa shape index (κ2) is 15.5. The topological polar surface area (TPSA) is 110 Å². The first-order valence-corrected chi connectivity index (χ1v) is 15.8. The summed E-state index contributed by atoms with van der Waals surface area (Å²) in [6.45, 7) is 3.81. The number of ether oxygens (including phenoxy) is 3. The van der Waals surface area contributed by atoms with Crippen molar-refractivity contribution in [2.24, 2.45) is 5.10 Å². The molecule has 0 radical (unpaired) electrons. The van der Waals surface area contributed by atoms with Crippen LogP contribution in [-0.2, 0) is 20.9 Å². The number of carbonyl (C=O) groups is 2. The minimum atomic E-state index is -0.621. The van der Waals surface area contributed by atoms with E-state index in [1.165, 1.54) is 6.21 Å². The fraction of sp³-hybridized carbons (Fsp3) is 0.200. The molecule has 0 fully saturated rings. The Hall–Kier alpha value is -3.26. The molecule has 0 bridgehead atoms. The summed E-state index contributed by atoms with van der Waals surface area (Å²) in [4.78, 5) is 25.3. The number of benzene rings is 3. The number of esters is 1. The molecule has 3 aromatic carbocycles. The lowest BCUT2D eigenvalue weighted by atomic mass is 9.95. The van der Waals surface area contributed by atoms with E-state index in [2.05, 4.69) is 69.0 Å². The molecule has 1 atom stereocenters. The molecule has 0 aromatic heterocycles. The van der Waals surface area contributed by atoms with Crippen LogP contribution in [0.1, 0.15) is 36.6 Å². The van der Waals surface area contributed by atoms with Crippen molar-refractivity contribution in [2.45, 2.75) is 26.5 Å². The van der Waals surface area contributed by atoms with Gasteiger partial charge in [-0.2, -0.15) is 5.10 Å². The quantitative estimate of drug-likeness (QED) is 0.0882. The minimum absolute atomic E-state index is 0.226. The SMILES string of the molecule is CCOC(=O)C1=C(C)NC(=S)N[C@@H]1c1ccccc1OCC(=O)NN=Cc1cc(Br)c(OCc2ccc(Br)cc2)c(Br)c1. The average Bonchev–Trinajstić information content (AvgIpc) is 2.96. The van der Waals surface area contributed by atoms with E-state index in [4.69, 9.17) is 26.4 Å². The lowest BCUT2D eigenvalue weighted by Gasteiger charge is -2.30. The van der Waals surface area contributed by atoms with Gasteiger partial charge in [0.1, 0.15) is 18.1 Å². The van der Waals surface area contributed by atoms with Crippen molar-refractivity contribution in [3.05, 3.63) is 102 Å². The average molecular weight is 795 g/mol. The summed E-state index contributed by atoms with van der Waals surface area (Å²) in [5.41, 5.74) is 5.81. The molecular formula is C30H27Br3N4O5S. The van der Waals surface area contributed by atoms with Gasteiger partial charge in [0, 0.05) is 15.7 Å². The first-order chi connectivity index (χ1) is 20.7. The van der Waals surface area contributed by atoms with Gasteiger partial charge < -0.3 is 24.8 Å². The molecule has 224 valence electrons. The van der Waals surface area contributed by atoms with Crippen LogP contribution in [0.2, 0.25) is 0 Å². The predicted octanol–water partition coefficient (Wildman–Crippen LogP) is 6.44. The molecular weight excluding hydrogens is 768 g/mol. The van der Waals surface area contributed by atoms with Crippen LogP contribution >= 0.6 is 60.0 Å². The largest absolute Gasteiger partial charge is 0.487 e. The normalized spacial score (nSPS) is 14.6. The van der Waals surface area contributed by atoms with E-state index in [1.54, 1.807) is 32.0 Å². The number of thiocarbonyl (C=S) groups is 1. The summed E-state index contributed by atoms with van der Waals surface area (Å²) >= 11 is 15.8. The van der Waals surface area contributed by atoms with Gasteiger partial charge in [0.05, 0.1) is 33.4 Å². The Kier molecular flexibility index (Phi) is 11.7. The standard InChI is InChI=1S/C30H27Br3N4O5S/c1-3-40-29(39)26-17(2)35-30(43)36-27(26)21-6-4-5-7-24(21)41-16-25(38)37-34-14-19-12-22(32)28(23(33)13-19)42-15-18-8-10-20(31)11-9-18/h4-14,27H,3,15-16H2,1-2H3,(H,37,38)(H2,35,36,43)/t27-/m1/s1. The monoisotopic (exact) mass is 792 g/mol. The number of rotatable bonds is 11. The number of carbonyl (C=O) groups excluding carboxylic acids is 2. The van der Waals surface area contributed by atoms with Gasteiger partial charge in [0.15, 0.2) is 11.7 Å². The summed E-state index contributed by atoms with van der Waals surface area (Å²) in [6, 6.07) is 18.0. The van der Waals surface area contributed by atoms with Crippen molar-refractivity contribution >= 4 is 83.2 Å². The minimum Gasteiger partial charge on any atom is -0.487 e. The van der Waals surface area contributed by atoms with E-state index in [0.717, 1.165) is 24.5 Å². The van der Waals surface area contributed by atoms with Crippen LogP contribution in [0.25, 0.3) is 0 Å². The number of hydrogen-bond acceptors (Lipinski definition) is 7. The number of allylic oxidation sites excluding steroid dienone is 1. The van der Waals surface area contributed by atoms with E-state index in [-0.39, 0.29) is 13.2 Å². The molecule has 43 heavy (non-hydrogen) atoms. The van der Waals surface area contributed by atoms with Gasteiger partial charge in [0.2, 0.25) is 0 Å². The van der Waals surface area contributed by atoms with Crippen LogP contribution < -0.4 is 25.5 Å². The molecule has 3 N–H and O–H groups in total. The molecule has 1 amide bonds. The molecule has 0 saturated heterocycles. The van der Waals surface area contributed by atoms with E-state index < -0.39 is 17.9 Å². The third-order valence-electron chi connectivity index (χ3n) is 6.07. The zero-order chi connectivity index (χ0) is 30.9. The number of hydrazone groups is 1. The third-order valence-corrected chi connectivity index (χ3v) is 8.00. The Bertz CT molecular complexity index is 1560. The molecule has 0 aliphatic carbocycles. The molecule has 3 aromatic rings. The summed E-state index contributed by atoms with van der Waals surface area (Å²) in [5.74, 6) is 0.114. The van der Waals surface area contributed by atoms with Crippen LogP contribution in [0.4, 0.5) is 0 Å². The molecule has 13 heteroatoms. The van der Waals surface area contributed by atoms with Gasteiger partial charge in [-0.25, -0.2) is 10.2 Å². The van der Waals surface area contributed by atoms with E-state index in [1.807, 2.05) is 42.5 Å². The van der Waals surface area contributed by atoms with Crippen LogP contribution in [0.15, 0.2) is 90.5 Å². The van der Waals surface area contributed by atoms with E-state index >= 15 is 0 Å². The Morgan fingerprint density at radius 1 is 1.05 bits per heavy atom. The zero-order valence-corrected chi connectivity index (χ0v) is 28.7. The summed E-state index contributed by atoms with van der Waals surface area (Å²) in [5, 5.41) is 10.5. The lowest BCUT2D eigenvalue weighted by Crippen LogP contribution is -2.45.